The number of primary amides is 1. The fourth-order valence-corrected chi connectivity index (χ4v) is 6.43. The van der Waals surface area contributed by atoms with E-state index in [0.29, 0.717) is 19.4 Å². The van der Waals surface area contributed by atoms with Crippen LogP contribution in [0.15, 0.2) is 40.0 Å². The van der Waals surface area contributed by atoms with Crippen LogP contribution in [0.4, 0.5) is 0 Å². The summed E-state index contributed by atoms with van der Waals surface area (Å²) < 4.78 is 34.5. The molecule has 2 aliphatic heterocycles. The second-order valence-electron chi connectivity index (χ2n) is 9.09. The van der Waals surface area contributed by atoms with Crippen LogP contribution in [-0.4, -0.2) is 66.7 Å². The number of nitrogens with two attached hydrogens (primary N) is 1. The molecule has 2 aromatic rings. The smallest absolute Gasteiger partial charge is 0.265 e. The molecule has 34 heavy (non-hydrogen) atoms. The first-order valence-electron chi connectivity index (χ1n) is 11.8. The summed E-state index contributed by atoms with van der Waals surface area (Å²) in [6.45, 7) is 2.91. The van der Waals surface area contributed by atoms with Crippen LogP contribution in [0.1, 0.15) is 54.4 Å². The van der Waals surface area contributed by atoms with Crippen LogP contribution in [0.2, 0.25) is 0 Å². The predicted octanol–water partition coefficient (Wildman–Crippen LogP) is 1.46. The van der Waals surface area contributed by atoms with Gasteiger partial charge in [-0.15, -0.1) is 0 Å². The average Bonchev–Trinajstić information content (AvgIpc) is 3.50. The molecule has 2 aromatic heterocycles. The third-order valence-corrected chi connectivity index (χ3v) is 8.73. The third-order valence-electron chi connectivity index (χ3n) is 6.87. The predicted molar refractivity (Wildman–Crippen MR) is 125 cm³/mol. The second-order valence-corrected chi connectivity index (χ2v) is 11.0. The maximum atomic E-state index is 13.0. The van der Waals surface area contributed by atoms with E-state index in [1.54, 1.807) is 13.3 Å². The number of rotatable bonds is 8. The number of piperidine rings is 2. The largest absolute Gasteiger partial charge is 0.468 e. The van der Waals surface area contributed by atoms with Crippen molar-refractivity contribution in [2.75, 3.05) is 32.7 Å². The van der Waals surface area contributed by atoms with Crippen molar-refractivity contribution in [3.63, 3.8) is 0 Å². The molecular formula is C23H33N5O5S. The van der Waals surface area contributed by atoms with Gasteiger partial charge < -0.3 is 20.0 Å². The lowest BCUT2D eigenvalue weighted by Crippen LogP contribution is -2.45. The van der Waals surface area contributed by atoms with Gasteiger partial charge in [0.25, 0.3) is 5.91 Å². The molecule has 0 bridgehead atoms. The van der Waals surface area contributed by atoms with E-state index in [1.807, 2.05) is 12.1 Å². The van der Waals surface area contributed by atoms with Gasteiger partial charge in [-0.3, -0.25) is 14.5 Å². The first kappa shape index (κ1) is 24.5. The number of aromatic nitrogens is 1. The van der Waals surface area contributed by atoms with Crippen LogP contribution < -0.4 is 11.1 Å². The van der Waals surface area contributed by atoms with Crippen molar-refractivity contribution in [2.24, 2.45) is 18.7 Å². The zero-order valence-corrected chi connectivity index (χ0v) is 20.3. The van der Waals surface area contributed by atoms with E-state index in [4.69, 9.17) is 10.2 Å². The SMILES string of the molecule is Cn1cc(S(=O)(=O)N2CCC(C(=O)NC[C@H](c3ccco3)N3CCCCC3)CC2)cc1C(N)=O. The monoisotopic (exact) mass is 491 g/mol. The lowest BCUT2D eigenvalue weighted by atomic mass is 9.97. The van der Waals surface area contributed by atoms with Crippen LogP contribution in [0.3, 0.4) is 0 Å². The van der Waals surface area contributed by atoms with Gasteiger partial charge in [0, 0.05) is 38.8 Å². The van der Waals surface area contributed by atoms with E-state index < -0.39 is 15.9 Å². The quantitative estimate of drug-likeness (QED) is 0.575. The van der Waals surface area contributed by atoms with Gasteiger partial charge in [-0.05, 0) is 57.0 Å². The molecule has 0 radical (unpaired) electrons. The molecule has 186 valence electrons. The molecule has 2 fully saturated rings. The minimum atomic E-state index is -3.76. The zero-order valence-electron chi connectivity index (χ0n) is 19.5. The van der Waals surface area contributed by atoms with Crippen molar-refractivity contribution in [1.82, 2.24) is 19.1 Å². The lowest BCUT2D eigenvalue weighted by molar-refractivity contribution is -0.126. The molecule has 0 saturated carbocycles. The van der Waals surface area contributed by atoms with Gasteiger partial charge in [-0.1, -0.05) is 6.42 Å². The Kier molecular flexibility index (Phi) is 7.44. The highest BCUT2D eigenvalue weighted by molar-refractivity contribution is 7.89. The summed E-state index contributed by atoms with van der Waals surface area (Å²) >= 11 is 0. The minimum Gasteiger partial charge on any atom is -0.468 e. The maximum Gasteiger partial charge on any atom is 0.265 e. The highest BCUT2D eigenvalue weighted by Crippen LogP contribution is 2.27. The Bertz CT molecular complexity index is 1100. The third kappa shape index (κ3) is 5.21. The Hall–Kier alpha value is -2.63. The standard InChI is InChI=1S/C23H33N5O5S/c1-26-16-18(14-19(26)22(24)29)34(31,32)28-11-7-17(8-12-28)23(30)25-15-20(21-6-5-13-33-21)27-9-3-2-4-10-27/h5-6,13-14,16-17,20H,2-4,7-12,15H2,1H3,(H2,24,29)(H,25,30)/t20-/m1/s1. The molecule has 4 heterocycles. The van der Waals surface area contributed by atoms with Gasteiger partial charge in [0.2, 0.25) is 15.9 Å². The molecule has 2 aliphatic rings. The number of nitrogens with one attached hydrogen (secondary N) is 1. The summed E-state index contributed by atoms with van der Waals surface area (Å²) in [5.74, 6) is -0.138. The Morgan fingerprint density at radius 1 is 1.18 bits per heavy atom. The summed E-state index contributed by atoms with van der Waals surface area (Å²) in [6, 6.07) is 5.11. The fraction of sp³-hybridized carbons (Fsp3) is 0.565. The summed E-state index contributed by atoms with van der Waals surface area (Å²) in [4.78, 5) is 26.8. The summed E-state index contributed by atoms with van der Waals surface area (Å²) in [5.41, 5.74) is 5.44. The highest BCUT2D eigenvalue weighted by Gasteiger charge is 2.34. The van der Waals surface area contributed by atoms with Crippen LogP contribution in [0.25, 0.3) is 0 Å². The summed E-state index contributed by atoms with van der Waals surface area (Å²) in [7, 11) is -2.18. The number of amides is 2. The molecule has 0 aliphatic carbocycles. The van der Waals surface area contributed by atoms with E-state index in [-0.39, 0.29) is 41.5 Å². The minimum absolute atomic E-state index is 0.00255. The van der Waals surface area contributed by atoms with E-state index in [9.17, 15) is 18.0 Å². The molecule has 1 atom stereocenters. The van der Waals surface area contributed by atoms with E-state index >= 15 is 0 Å². The number of hydrogen-bond acceptors (Lipinski definition) is 6. The maximum absolute atomic E-state index is 13.0. The van der Waals surface area contributed by atoms with Crippen molar-refractivity contribution < 1.29 is 22.4 Å². The van der Waals surface area contributed by atoms with Gasteiger partial charge in [-0.2, -0.15) is 4.31 Å². The van der Waals surface area contributed by atoms with Crippen molar-refractivity contribution in [1.29, 1.82) is 0 Å². The van der Waals surface area contributed by atoms with E-state index in [0.717, 1.165) is 31.7 Å². The van der Waals surface area contributed by atoms with Crippen LogP contribution in [0.5, 0.6) is 0 Å². The normalized spacial score (nSPS) is 19.7. The Morgan fingerprint density at radius 2 is 1.88 bits per heavy atom. The average molecular weight is 492 g/mol. The molecule has 2 saturated heterocycles. The molecule has 2 amide bonds. The van der Waals surface area contributed by atoms with Gasteiger partial charge in [0.15, 0.2) is 0 Å². The van der Waals surface area contributed by atoms with Gasteiger partial charge in [0.1, 0.15) is 16.3 Å². The molecule has 11 heteroatoms. The van der Waals surface area contributed by atoms with E-state index in [1.165, 1.54) is 27.6 Å². The highest BCUT2D eigenvalue weighted by atomic mass is 32.2. The molecule has 0 unspecified atom stereocenters. The van der Waals surface area contributed by atoms with Crippen LogP contribution in [0, 0.1) is 5.92 Å². The molecule has 3 N–H and O–H groups in total. The van der Waals surface area contributed by atoms with Gasteiger partial charge in [0.05, 0.1) is 12.3 Å². The van der Waals surface area contributed by atoms with Crippen molar-refractivity contribution in [2.45, 2.75) is 43.0 Å². The Labute approximate surface area is 200 Å². The number of carbonyl (C=O) groups is 2. The number of nitrogens with zero attached hydrogens (tertiary/aromatic N) is 3. The molecule has 4 rings (SSSR count). The van der Waals surface area contributed by atoms with Crippen molar-refractivity contribution in [3.05, 3.63) is 42.1 Å². The first-order valence-corrected chi connectivity index (χ1v) is 13.2. The number of likely N-dealkylation sites (tertiary alicyclic amines) is 1. The fourth-order valence-electron chi connectivity index (χ4n) is 4.89. The number of sulfonamides is 1. The molecule has 0 spiro atoms. The number of hydrogen-bond donors (Lipinski definition) is 2. The zero-order chi connectivity index (χ0) is 24.3. The topological polar surface area (TPSA) is 131 Å². The first-order chi connectivity index (χ1) is 16.3. The number of carbonyl (C=O) groups excluding carboxylic acids is 2. The summed E-state index contributed by atoms with van der Waals surface area (Å²) in [5, 5.41) is 3.08. The Morgan fingerprint density at radius 3 is 2.47 bits per heavy atom. The molecule has 0 aromatic carbocycles. The van der Waals surface area contributed by atoms with Crippen LogP contribution in [-0.2, 0) is 21.9 Å². The number of furan rings is 1. The van der Waals surface area contributed by atoms with Gasteiger partial charge >= 0.3 is 0 Å². The second kappa shape index (κ2) is 10.3. The molecular weight excluding hydrogens is 458 g/mol. The van der Waals surface area contributed by atoms with Crippen molar-refractivity contribution in [3.8, 4) is 0 Å². The molecule has 10 nitrogen and oxygen atoms in total. The summed E-state index contributed by atoms with van der Waals surface area (Å²) in [6.07, 6.45) is 7.43. The van der Waals surface area contributed by atoms with Gasteiger partial charge in [-0.25, -0.2) is 8.42 Å². The van der Waals surface area contributed by atoms with Crippen molar-refractivity contribution >= 4 is 21.8 Å². The van der Waals surface area contributed by atoms with E-state index in [2.05, 4.69) is 10.2 Å². The Balaban J connectivity index is 1.34. The number of aryl methyl sites for hydroxylation is 1. The lowest BCUT2D eigenvalue weighted by Gasteiger charge is -2.34. The van der Waals surface area contributed by atoms with Crippen LogP contribution >= 0.6 is 0 Å².